The molecule has 3 rings (SSSR count). The summed E-state index contributed by atoms with van der Waals surface area (Å²) in [6.07, 6.45) is 0.162. The summed E-state index contributed by atoms with van der Waals surface area (Å²) in [6.45, 7) is 2.20. The second kappa shape index (κ2) is 7.43. The fraction of sp³-hybridized carbons (Fsp3) is 0.263. The third-order valence-corrected chi connectivity index (χ3v) is 4.18. The number of nitrogens with zero attached hydrogens (tertiary/aromatic N) is 1. The number of methoxy groups -OCH3 is 1. The van der Waals surface area contributed by atoms with Crippen LogP contribution in [-0.4, -0.2) is 31.6 Å². The summed E-state index contributed by atoms with van der Waals surface area (Å²) in [5.41, 5.74) is 2.02. The minimum atomic E-state index is -0.423. The molecule has 26 heavy (non-hydrogen) atoms. The number of carbonyl (C=O) groups is 2. The first-order chi connectivity index (χ1) is 12.5. The molecule has 1 fully saturated rings. The minimum Gasteiger partial charge on any atom is -0.495 e. The molecule has 1 aliphatic heterocycles. The highest BCUT2D eigenvalue weighted by atomic mass is 19.1. The lowest BCUT2D eigenvalue weighted by molar-refractivity contribution is -0.117. The number of amides is 3. The Hall–Kier alpha value is -3.09. The molecule has 2 aromatic carbocycles. The number of anilines is 2. The Bertz CT molecular complexity index is 841. The lowest BCUT2D eigenvalue weighted by Crippen LogP contribution is -2.39. The van der Waals surface area contributed by atoms with E-state index in [-0.39, 0.29) is 18.4 Å². The third kappa shape index (κ3) is 3.93. The van der Waals surface area contributed by atoms with Gasteiger partial charge in [-0.3, -0.25) is 4.79 Å². The number of aryl methyl sites for hydroxylation is 1. The van der Waals surface area contributed by atoms with Crippen LogP contribution in [0.5, 0.6) is 5.75 Å². The van der Waals surface area contributed by atoms with E-state index in [4.69, 9.17) is 4.74 Å². The van der Waals surface area contributed by atoms with Gasteiger partial charge in [0.25, 0.3) is 0 Å². The molecule has 0 bridgehead atoms. The van der Waals surface area contributed by atoms with Crippen LogP contribution in [0.1, 0.15) is 12.0 Å². The van der Waals surface area contributed by atoms with Gasteiger partial charge in [0.15, 0.2) is 0 Å². The zero-order valence-corrected chi connectivity index (χ0v) is 14.6. The summed E-state index contributed by atoms with van der Waals surface area (Å²) in [6, 6.07) is 10.5. The Morgan fingerprint density at radius 1 is 1.27 bits per heavy atom. The summed E-state index contributed by atoms with van der Waals surface area (Å²) < 4.78 is 18.6. The molecule has 2 aromatic rings. The number of hydrogen-bond donors (Lipinski definition) is 2. The Labute approximate surface area is 150 Å². The third-order valence-electron chi connectivity index (χ3n) is 4.18. The maximum atomic E-state index is 13.4. The zero-order valence-electron chi connectivity index (χ0n) is 14.6. The van der Waals surface area contributed by atoms with Gasteiger partial charge in [-0.2, -0.15) is 0 Å². The smallest absolute Gasteiger partial charge is 0.319 e. The van der Waals surface area contributed by atoms with E-state index in [1.165, 1.54) is 24.1 Å². The number of halogens is 1. The van der Waals surface area contributed by atoms with Gasteiger partial charge in [0.2, 0.25) is 5.91 Å². The highest BCUT2D eigenvalue weighted by Gasteiger charge is 2.31. The van der Waals surface area contributed by atoms with E-state index in [0.717, 1.165) is 5.56 Å². The highest BCUT2D eigenvalue weighted by molar-refractivity contribution is 5.98. The predicted molar refractivity (Wildman–Crippen MR) is 97.0 cm³/mol. The zero-order chi connectivity index (χ0) is 18.7. The van der Waals surface area contributed by atoms with E-state index in [1.807, 2.05) is 13.0 Å². The average Bonchev–Trinajstić information content (AvgIpc) is 2.95. The van der Waals surface area contributed by atoms with Crippen molar-refractivity contribution in [2.24, 2.45) is 0 Å². The van der Waals surface area contributed by atoms with Crippen LogP contribution in [-0.2, 0) is 4.79 Å². The monoisotopic (exact) mass is 357 g/mol. The Balaban J connectivity index is 1.64. The molecule has 0 spiro atoms. The first-order valence-corrected chi connectivity index (χ1v) is 8.24. The van der Waals surface area contributed by atoms with E-state index in [9.17, 15) is 14.0 Å². The van der Waals surface area contributed by atoms with Crippen LogP contribution >= 0.6 is 0 Å². The van der Waals surface area contributed by atoms with Gasteiger partial charge in [0.05, 0.1) is 18.8 Å². The molecule has 0 aliphatic carbocycles. The summed E-state index contributed by atoms with van der Waals surface area (Å²) in [5, 5.41) is 5.52. The van der Waals surface area contributed by atoms with Crippen LogP contribution in [0.2, 0.25) is 0 Å². The van der Waals surface area contributed by atoms with Crippen LogP contribution in [0.3, 0.4) is 0 Å². The predicted octanol–water partition coefficient (Wildman–Crippen LogP) is 3.07. The lowest BCUT2D eigenvalue weighted by Gasteiger charge is -2.18. The van der Waals surface area contributed by atoms with Crippen molar-refractivity contribution in [2.45, 2.75) is 19.4 Å². The van der Waals surface area contributed by atoms with Crippen LogP contribution in [0.4, 0.5) is 20.6 Å². The second-order valence-electron chi connectivity index (χ2n) is 6.19. The number of rotatable bonds is 4. The van der Waals surface area contributed by atoms with Crippen LogP contribution in [0.25, 0.3) is 0 Å². The van der Waals surface area contributed by atoms with Gasteiger partial charge >= 0.3 is 6.03 Å². The molecule has 1 aliphatic rings. The van der Waals surface area contributed by atoms with Gasteiger partial charge in [0, 0.05) is 18.7 Å². The van der Waals surface area contributed by atoms with Gasteiger partial charge in [-0.1, -0.05) is 12.1 Å². The topological polar surface area (TPSA) is 70.7 Å². The average molecular weight is 357 g/mol. The van der Waals surface area contributed by atoms with E-state index < -0.39 is 11.8 Å². The van der Waals surface area contributed by atoms with E-state index in [2.05, 4.69) is 10.6 Å². The lowest BCUT2D eigenvalue weighted by atomic mass is 10.2. The number of urea groups is 1. The van der Waals surface area contributed by atoms with Crippen LogP contribution < -0.4 is 20.3 Å². The molecule has 0 radical (unpaired) electrons. The minimum absolute atomic E-state index is 0.158. The van der Waals surface area contributed by atoms with Gasteiger partial charge < -0.3 is 20.3 Å². The van der Waals surface area contributed by atoms with E-state index >= 15 is 0 Å². The molecule has 1 heterocycles. The molecule has 1 saturated heterocycles. The fourth-order valence-corrected chi connectivity index (χ4v) is 2.96. The van der Waals surface area contributed by atoms with Crippen LogP contribution in [0.15, 0.2) is 42.5 Å². The van der Waals surface area contributed by atoms with Gasteiger partial charge in [-0.05, 0) is 42.8 Å². The van der Waals surface area contributed by atoms with Crippen molar-refractivity contribution in [3.05, 3.63) is 53.8 Å². The molecular weight excluding hydrogens is 337 g/mol. The Morgan fingerprint density at radius 2 is 2.08 bits per heavy atom. The van der Waals surface area contributed by atoms with Crippen molar-refractivity contribution in [2.75, 3.05) is 23.9 Å². The van der Waals surface area contributed by atoms with E-state index in [0.29, 0.717) is 23.7 Å². The van der Waals surface area contributed by atoms with Gasteiger partial charge in [-0.25, -0.2) is 9.18 Å². The van der Waals surface area contributed by atoms with Gasteiger partial charge in [-0.15, -0.1) is 0 Å². The van der Waals surface area contributed by atoms with Crippen molar-refractivity contribution < 1.29 is 18.7 Å². The molecule has 0 aromatic heterocycles. The largest absolute Gasteiger partial charge is 0.495 e. The number of carbonyl (C=O) groups excluding carboxylic acids is 2. The fourth-order valence-electron chi connectivity index (χ4n) is 2.96. The second-order valence-corrected chi connectivity index (χ2v) is 6.19. The van der Waals surface area contributed by atoms with Crippen molar-refractivity contribution in [3.63, 3.8) is 0 Å². The number of nitrogens with one attached hydrogen (secondary N) is 2. The van der Waals surface area contributed by atoms with Crippen LogP contribution in [0, 0.1) is 12.7 Å². The first-order valence-electron chi connectivity index (χ1n) is 8.24. The SMILES string of the molecule is COc1ccc(C)cc1NC(=O)N[C@@H]1CC(=O)N(c2cccc(F)c2)C1. The molecule has 0 unspecified atom stereocenters. The molecular formula is C19H20FN3O3. The number of hydrogen-bond acceptors (Lipinski definition) is 3. The molecule has 6 nitrogen and oxygen atoms in total. The first kappa shape index (κ1) is 17.7. The van der Waals surface area contributed by atoms with Crippen molar-refractivity contribution in [1.82, 2.24) is 5.32 Å². The maximum Gasteiger partial charge on any atom is 0.319 e. The molecule has 136 valence electrons. The molecule has 3 amide bonds. The number of ether oxygens (including phenoxy) is 1. The molecule has 0 saturated carbocycles. The quantitative estimate of drug-likeness (QED) is 0.883. The van der Waals surface area contributed by atoms with Crippen molar-refractivity contribution in [1.29, 1.82) is 0 Å². The van der Waals surface area contributed by atoms with Crippen molar-refractivity contribution >= 4 is 23.3 Å². The maximum absolute atomic E-state index is 13.4. The standard InChI is InChI=1S/C19H20FN3O3/c1-12-6-7-17(26-2)16(8-12)22-19(25)21-14-10-18(24)23(11-14)15-5-3-4-13(20)9-15/h3-9,14H,10-11H2,1-2H3,(H2,21,22,25)/t14-/m1/s1. The molecule has 7 heteroatoms. The number of benzene rings is 2. The Morgan fingerprint density at radius 3 is 2.81 bits per heavy atom. The molecule has 1 atom stereocenters. The normalized spacial score (nSPS) is 16.5. The van der Waals surface area contributed by atoms with Gasteiger partial charge in [0.1, 0.15) is 11.6 Å². The van der Waals surface area contributed by atoms with Crippen molar-refractivity contribution in [3.8, 4) is 5.75 Å². The summed E-state index contributed by atoms with van der Waals surface area (Å²) in [7, 11) is 1.53. The highest BCUT2D eigenvalue weighted by Crippen LogP contribution is 2.26. The summed E-state index contributed by atoms with van der Waals surface area (Å²) >= 11 is 0. The Kier molecular flexibility index (Phi) is 5.06. The van der Waals surface area contributed by atoms with E-state index in [1.54, 1.807) is 24.3 Å². The summed E-state index contributed by atoms with van der Waals surface area (Å²) in [4.78, 5) is 26.0. The molecule has 2 N–H and O–H groups in total. The summed E-state index contributed by atoms with van der Waals surface area (Å²) in [5.74, 6) is -0.0142.